The Labute approximate surface area is 109 Å². The van der Waals surface area contributed by atoms with Gasteiger partial charge in [0.25, 0.3) is 0 Å². The Bertz CT molecular complexity index is 429. The van der Waals surface area contributed by atoms with Gasteiger partial charge in [0.05, 0.1) is 7.11 Å². The van der Waals surface area contributed by atoms with Crippen molar-refractivity contribution in [3.8, 4) is 11.5 Å². The van der Waals surface area contributed by atoms with Gasteiger partial charge in [0.15, 0.2) is 11.5 Å². The Hall–Kier alpha value is -1.22. The molecule has 3 nitrogen and oxygen atoms in total. The molecular weight excluding hydrogens is 226 g/mol. The summed E-state index contributed by atoms with van der Waals surface area (Å²) in [7, 11) is 1.67. The van der Waals surface area contributed by atoms with Crippen LogP contribution < -0.4 is 15.2 Å². The third-order valence-electron chi connectivity index (χ3n) is 3.97. The second-order valence-electron chi connectivity index (χ2n) is 5.86. The van der Waals surface area contributed by atoms with Gasteiger partial charge >= 0.3 is 0 Å². The quantitative estimate of drug-likeness (QED) is 0.895. The zero-order valence-electron chi connectivity index (χ0n) is 11.7. The van der Waals surface area contributed by atoms with Gasteiger partial charge in [0, 0.05) is 6.04 Å². The molecule has 1 aromatic carbocycles. The molecule has 0 aromatic heterocycles. The van der Waals surface area contributed by atoms with Gasteiger partial charge in [-0.25, -0.2) is 0 Å². The first-order valence-corrected chi connectivity index (χ1v) is 6.51. The fourth-order valence-electron chi connectivity index (χ4n) is 2.53. The largest absolute Gasteiger partial charge is 0.493 e. The van der Waals surface area contributed by atoms with E-state index in [9.17, 15) is 0 Å². The first-order valence-electron chi connectivity index (χ1n) is 6.51. The van der Waals surface area contributed by atoms with E-state index in [0.29, 0.717) is 0 Å². The van der Waals surface area contributed by atoms with Crippen LogP contribution in [-0.4, -0.2) is 19.3 Å². The molecule has 0 amide bonds. The van der Waals surface area contributed by atoms with Gasteiger partial charge in [0.1, 0.15) is 6.10 Å². The van der Waals surface area contributed by atoms with E-state index in [-0.39, 0.29) is 17.6 Å². The molecule has 0 heterocycles. The van der Waals surface area contributed by atoms with Gasteiger partial charge < -0.3 is 15.2 Å². The second kappa shape index (κ2) is 4.81. The fourth-order valence-corrected chi connectivity index (χ4v) is 2.53. The minimum Gasteiger partial charge on any atom is -0.493 e. The summed E-state index contributed by atoms with van der Waals surface area (Å²) in [6.45, 7) is 6.44. The summed E-state index contributed by atoms with van der Waals surface area (Å²) >= 11 is 0. The van der Waals surface area contributed by atoms with Crippen LogP contribution in [0.25, 0.3) is 0 Å². The van der Waals surface area contributed by atoms with Crippen LogP contribution >= 0.6 is 0 Å². The molecule has 0 aliphatic heterocycles. The highest BCUT2D eigenvalue weighted by Crippen LogP contribution is 2.39. The normalized spacial score (nSPS) is 26.1. The molecular formula is C15H23NO2. The Balaban J connectivity index is 2.15. The number of benzene rings is 1. The van der Waals surface area contributed by atoms with Crippen molar-refractivity contribution in [1.82, 2.24) is 0 Å². The third kappa shape index (κ3) is 2.46. The lowest BCUT2D eigenvalue weighted by atomic mass is 9.88. The molecule has 0 saturated heterocycles. The lowest BCUT2D eigenvalue weighted by Gasteiger charge is -2.27. The Morgan fingerprint density at radius 3 is 2.56 bits per heavy atom. The van der Waals surface area contributed by atoms with Crippen molar-refractivity contribution in [3.05, 3.63) is 23.8 Å². The molecule has 0 radical (unpaired) electrons. The lowest BCUT2D eigenvalue weighted by Crippen LogP contribution is -2.42. The van der Waals surface area contributed by atoms with E-state index in [1.807, 2.05) is 25.1 Å². The van der Waals surface area contributed by atoms with Crippen LogP contribution in [0.2, 0.25) is 0 Å². The summed E-state index contributed by atoms with van der Waals surface area (Å²) in [4.78, 5) is 0. The van der Waals surface area contributed by atoms with Gasteiger partial charge in [-0.1, -0.05) is 19.9 Å². The summed E-state index contributed by atoms with van der Waals surface area (Å²) in [5.41, 5.74) is 7.58. The molecule has 1 fully saturated rings. The Kier molecular flexibility index (Phi) is 3.53. The van der Waals surface area contributed by atoms with E-state index < -0.39 is 0 Å². The molecule has 18 heavy (non-hydrogen) atoms. The van der Waals surface area contributed by atoms with Gasteiger partial charge in [0.2, 0.25) is 0 Å². The van der Waals surface area contributed by atoms with Gasteiger partial charge in [-0.2, -0.15) is 0 Å². The van der Waals surface area contributed by atoms with E-state index in [1.165, 1.54) is 0 Å². The van der Waals surface area contributed by atoms with E-state index in [1.54, 1.807) is 7.11 Å². The number of ether oxygens (including phenoxy) is 2. The molecule has 1 aromatic rings. The SMILES string of the molecule is COc1cc(C)ccc1OC1CCC(C)(C)C1N. The van der Waals surface area contributed by atoms with Gasteiger partial charge in [-0.05, 0) is 42.9 Å². The van der Waals surface area contributed by atoms with Crippen molar-refractivity contribution in [3.63, 3.8) is 0 Å². The monoisotopic (exact) mass is 249 g/mol. The van der Waals surface area contributed by atoms with E-state index in [0.717, 1.165) is 29.9 Å². The highest BCUT2D eigenvalue weighted by atomic mass is 16.5. The van der Waals surface area contributed by atoms with Crippen LogP contribution in [0.1, 0.15) is 32.3 Å². The zero-order valence-corrected chi connectivity index (χ0v) is 11.7. The van der Waals surface area contributed by atoms with Gasteiger partial charge in [-0.15, -0.1) is 0 Å². The predicted molar refractivity (Wildman–Crippen MR) is 73.1 cm³/mol. The standard InChI is InChI=1S/C15H23NO2/c1-10-5-6-11(13(9-10)17-4)18-12-7-8-15(2,3)14(12)16/h5-6,9,12,14H,7-8,16H2,1-4H3. The molecule has 0 spiro atoms. The molecule has 2 atom stereocenters. The Morgan fingerprint density at radius 1 is 1.28 bits per heavy atom. The molecule has 100 valence electrons. The van der Waals surface area contributed by atoms with Crippen LogP contribution in [0, 0.1) is 12.3 Å². The number of rotatable bonds is 3. The zero-order chi connectivity index (χ0) is 13.3. The lowest BCUT2D eigenvalue weighted by molar-refractivity contribution is 0.159. The predicted octanol–water partition coefficient (Wildman–Crippen LogP) is 2.90. The molecule has 0 bridgehead atoms. The van der Waals surface area contributed by atoms with E-state index in [2.05, 4.69) is 13.8 Å². The molecule has 2 N–H and O–H groups in total. The summed E-state index contributed by atoms with van der Waals surface area (Å²) in [5, 5.41) is 0. The molecule has 1 saturated carbocycles. The van der Waals surface area contributed by atoms with Crippen molar-refractivity contribution in [1.29, 1.82) is 0 Å². The number of methoxy groups -OCH3 is 1. The average molecular weight is 249 g/mol. The summed E-state index contributed by atoms with van der Waals surface area (Å²) < 4.78 is 11.4. The molecule has 2 rings (SSSR count). The summed E-state index contributed by atoms with van der Waals surface area (Å²) in [6.07, 6.45) is 2.19. The van der Waals surface area contributed by atoms with Crippen LogP contribution in [0.4, 0.5) is 0 Å². The topological polar surface area (TPSA) is 44.5 Å². The van der Waals surface area contributed by atoms with Crippen molar-refractivity contribution in [2.75, 3.05) is 7.11 Å². The molecule has 1 aliphatic carbocycles. The number of hydrogen-bond acceptors (Lipinski definition) is 3. The molecule has 1 aliphatic rings. The van der Waals surface area contributed by atoms with Crippen LogP contribution in [0.15, 0.2) is 18.2 Å². The first-order chi connectivity index (χ1) is 8.44. The highest BCUT2D eigenvalue weighted by Gasteiger charge is 2.41. The Morgan fingerprint density at radius 2 is 2.00 bits per heavy atom. The smallest absolute Gasteiger partial charge is 0.161 e. The van der Waals surface area contributed by atoms with Crippen LogP contribution in [-0.2, 0) is 0 Å². The average Bonchev–Trinajstić information content (AvgIpc) is 2.58. The fraction of sp³-hybridized carbons (Fsp3) is 0.600. The van der Waals surface area contributed by atoms with Crippen molar-refractivity contribution in [2.45, 2.75) is 45.8 Å². The summed E-state index contributed by atoms with van der Waals surface area (Å²) in [5.74, 6) is 1.58. The first kappa shape index (κ1) is 13.2. The van der Waals surface area contributed by atoms with Crippen molar-refractivity contribution >= 4 is 0 Å². The van der Waals surface area contributed by atoms with E-state index in [4.69, 9.17) is 15.2 Å². The molecule has 2 unspecified atom stereocenters. The van der Waals surface area contributed by atoms with Crippen LogP contribution in [0.3, 0.4) is 0 Å². The second-order valence-corrected chi connectivity index (χ2v) is 5.86. The summed E-state index contributed by atoms with van der Waals surface area (Å²) in [6, 6.07) is 6.06. The number of aryl methyl sites for hydroxylation is 1. The maximum atomic E-state index is 6.26. The van der Waals surface area contributed by atoms with Crippen molar-refractivity contribution < 1.29 is 9.47 Å². The van der Waals surface area contributed by atoms with Crippen LogP contribution in [0.5, 0.6) is 11.5 Å². The minimum atomic E-state index is 0.0727. The number of nitrogens with two attached hydrogens (primary N) is 1. The number of hydrogen-bond donors (Lipinski definition) is 1. The van der Waals surface area contributed by atoms with E-state index >= 15 is 0 Å². The maximum Gasteiger partial charge on any atom is 0.161 e. The minimum absolute atomic E-state index is 0.0727. The molecule has 3 heteroatoms. The third-order valence-corrected chi connectivity index (χ3v) is 3.97. The highest BCUT2D eigenvalue weighted by molar-refractivity contribution is 5.42. The van der Waals surface area contributed by atoms with Crippen molar-refractivity contribution in [2.24, 2.45) is 11.1 Å². The van der Waals surface area contributed by atoms with Gasteiger partial charge in [-0.3, -0.25) is 0 Å². The maximum absolute atomic E-state index is 6.26.